The molecule has 108 valence electrons. The number of aromatic nitrogens is 1. The van der Waals surface area contributed by atoms with E-state index in [0.29, 0.717) is 18.1 Å². The third-order valence-corrected chi connectivity index (χ3v) is 4.61. The van der Waals surface area contributed by atoms with Gasteiger partial charge in [-0.2, -0.15) is 0 Å². The van der Waals surface area contributed by atoms with Gasteiger partial charge in [0.25, 0.3) is 0 Å². The first-order valence-corrected chi connectivity index (χ1v) is 7.37. The maximum absolute atomic E-state index is 5.99. The van der Waals surface area contributed by atoms with Gasteiger partial charge in [0.15, 0.2) is 5.96 Å². The van der Waals surface area contributed by atoms with Gasteiger partial charge in [0, 0.05) is 18.2 Å². The quantitative estimate of drug-likeness (QED) is 0.652. The fourth-order valence-electron chi connectivity index (χ4n) is 3.35. The fraction of sp³-hybridized carbons (Fsp3) is 0.600. The molecule has 2 atom stereocenters. The van der Waals surface area contributed by atoms with Crippen LogP contribution >= 0.6 is 0 Å². The molecule has 1 aromatic rings. The van der Waals surface area contributed by atoms with Crippen LogP contribution in [0.2, 0.25) is 0 Å². The van der Waals surface area contributed by atoms with Gasteiger partial charge in [-0.3, -0.25) is 0 Å². The van der Waals surface area contributed by atoms with Crippen molar-refractivity contribution in [2.24, 2.45) is 16.1 Å². The summed E-state index contributed by atoms with van der Waals surface area (Å²) in [6.45, 7) is 2.84. The first-order valence-electron chi connectivity index (χ1n) is 7.37. The van der Waals surface area contributed by atoms with Crippen molar-refractivity contribution in [2.45, 2.75) is 44.8 Å². The summed E-state index contributed by atoms with van der Waals surface area (Å²) in [6, 6.07) is 5.97. The zero-order chi connectivity index (χ0) is 14.0. The number of hydrogen-bond acceptors (Lipinski definition) is 3. The predicted molar refractivity (Wildman–Crippen MR) is 79.6 cm³/mol. The summed E-state index contributed by atoms with van der Waals surface area (Å²) >= 11 is 0. The predicted octanol–water partition coefficient (Wildman–Crippen LogP) is 2.16. The van der Waals surface area contributed by atoms with Gasteiger partial charge in [0.1, 0.15) is 5.82 Å². The minimum atomic E-state index is 0.256. The lowest BCUT2D eigenvalue weighted by atomic mass is 9.51. The molecule has 2 aliphatic carbocycles. The first-order chi connectivity index (χ1) is 9.74. The smallest absolute Gasteiger partial charge is 0.194 e. The molecule has 2 aliphatic rings. The molecular formula is C15H22N4O. The van der Waals surface area contributed by atoms with Crippen LogP contribution in [0.3, 0.4) is 0 Å². The lowest BCUT2D eigenvalue weighted by Gasteiger charge is -2.59. The van der Waals surface area contributed by atoms with E-state index in [2.05, 4.69) is 22.2 Å². The Balaban J connectivity index is 1.64. The molecule has 0 bridgehead atoms. The zero-order valence-corrected chi connectivity index (χ0v) is 11.9. The number of nitrogens with zero attached hydrogens (tertiary/aromatic N) is 2. The molecule has 0 aromatic carbocycles. The van der Waals surface area contributed by atoms with Gasteiger partial charge >= 0.3 is 0 Å². The van der Waals surface area contributed by atoms with Crippen LogP contribution in [0.1, 0.15) is 32.6 Å². The van der Waals surface area contributed by atoms with Crippen LogP contribution in [0.5, 0.6) is 0 Å². The van der Waals surface area contributed by atoms with Gasteiger partial charge in [-0.25, -0.2) is 9.98 Å². The number of guanidine groups is 1. The number of rotatable bonds is 4. The molecule has 1 heterocycles. The second-order valence-electron chi connectivity index (χ2n) is 5.64. The van der Waals surface area contributed by atoms with Crippen LogP contribution in [0, 0.1) is 5.41 Å². The second kappa shape index (κ2) is 5.40. The van der Waals surface area contributed by atoms with Crippen LogP contribution < -0.4 is 11.1 Å². The summed E-state index contributed by atoms with van der Waals surface area (Å²) in [5.41, 5.74) is 6.25. The molecule has 3 rings (SSSR count). The number of nitrogens with one attached hydrogen (secondary N) is 1. The minimum absolute atomic E-state index is 0.256. The molecule has 2 saturated carbocycles. The fourth-order valence-corrected chi connectivity index (χ4v) is 3.35. The van der Waals surface area contributed by atoms with Gasteiger partial charge in [-0.1, -0.05) is 12.5 Å². The van der Waals surface area contributed by atoms with Gasteiger partial charge in [0.05, 0.1) is 12.1 Å². The standard InChI is InChI=1S/C15H22N4O/c1-2-20-12-10-11(15(12)7-5-8-15)18-14(16)19-13-6-3-4-9-17-13/h3-4,6,9,11-12H,2,5,7-8,10H2,1H3,(H3,16,17,18,19). The average molecular weight is 274 g/mol. The van der Waals surface area contributed by atoms with Crippen molar-refractivity contribution in [3.63, 3.8) is 0 Å². The topological polar surface area (TPSA) is 72.5 Å². The van der Waals surface area contributed by atoms with Gasteiger partial charge in [0.2, 0.25) is 0 Å². The normalized spacial score (nSPS) is 27.8. The van der Waals surface area contributed by atoms with Crippen LogP contribution in [-0.4, -0.2) is 29.7 Å². The highest BCUT2D eigenvalue weighted by molar-refractivity contribution is 5.91. The maximum Gasteiger partial charge on any atom is 0.194 e. The average Bonchev–Trinajstić information content (AvgIpc) is 2.36. The number of aliphatic imine (C=N–C) groups is 1. The highest BCUT2D eigenvalue weighted by Gasteiger charge is 2.59. The molecule has 5 nitrogen and oxygen atoms in total. The summed E-state index contributed by atoms with van der Waals surface area (Å²) in [6.07, 6.45) is 6.79. The van der Waals surface area contributed by atoms with Crippen LogP contribution in [0.15, 0.2) is 29.4 Å². The van der Waals surface area contributed by atoms with Crippen molar-refractivity contribution in [1.82, 2.24) is 4.98 Å². The molecule has 2 fully saturated rings. The van der Waals surface area contributed by atoms with E-state index in [1.807, 2.05) is 18.2 Å². The molecule has 0 amide bonds. The van der Waals surface area contributed by atoms with E-state index in [1.54, 1.807) is 6.20 Å². The largest absolute Gasteiger partial charge is 0.378 e. The first kappa shape index (κ1) is 13.4. The van der Waals surface area contributed by atoms with Crippen LogP contribution in [-0.2, 0) is 4.74 Å². The van der Waals surface area contributed by atoms with E-state index in [-0.39, 0.29) is 5.41 Å². The van der Waals surface area contributed by atoms with E-state index < -0.39 is 0 Å². The molecule has 2 unspecified atom stereocenters. The Labute approximate surface area is 119 Å². The number of pyridine rings is 1. The summed E-state index contributed by atoms with van der Waals surface area (Å²) in [4.78, 5) is 8.84. The lowest BCUT2D eigenvalue weighted by Crippen LogP contribution is -2.61. The molecule has 5 heteroatoms. The lowest BCUT2D eigenvalue weighted by molar-refractivity contribution is -0.162. The molecule has 0 aliphatic heterocycles. The Morgan fingerprint density at radius 1 is 1.55 bits per heavy atom. The van der Waals surface area contributed by atoms with Crippen molar-refractivity contribution >= 4 is 11.8 Å². The van der Waals surface area contributed by atoms with Crippen molar-refractivity contribution in [3.8, 4) is 0 Å². The molecule has 0 radical (unpaired) electrons. The molecule has 20 heavy (non-hydrogen) atoms. The number of hydrogen-bond donors (Lipinski definition) is 2. The Bertz CT molecular complexity index is 484. The number of ether oxygens (including phenoxy) is 1. The summed E-state index contributed by atoms with van der Waals surface area (Å²) < 4.78 is 5.82. The van der Waals surface area contributed by atoms with E-state index in [1.165, 1.54) is 19.3 Å². The van der Waals surface area contributed by atoms with Crippen molar-refractivity contribution < 1.29 is 4.74 Å². The van der Waals surface area contributed by atoms with Gasteiger partial charge in [-0.15, -0.1) is 0 Å². The van der Waals surface area contributed by atoms with Crippen molar-refractivity contribution in [2.75, 3.05) is 11.9 Å². The minimum Gasteiger partial charge on any atom is -0.378 e. The van der Waals surface area contributed by atoms with Gasteiger partial charge in [-0.05, 0) is 38.3 Å². The van der Waals surface area contributed by atoms with E-state index in [9.17, 15) is 0 Å². The molecule has 1 aromatic heterocycles. The Morgan fingerprint density at radius 2 is 2.40 bits per heavy atom. The number of nitrogens with two attached hydrogens (primary N) is 1. The Hall–Kier alpha value is -1.62. The highest BCUT2D eigenvalue weighted by atomic mass is 16.5. The second-order valence-corrected chi connectivity index (χ2v) is 5.64. The zero-order valence-electron chi connectivity index (χ0n) is 11.9. The number of anilines is 1. The maximum atomic E-state index is 5.99. The summed E-state index contributed by atoms with van der Waals surface area (Å²) in [5, 5.41) is 3.05. The molecule has 0 saturated heterocycles. The van der Waals surface area contributed by atoms with Crippen LogP contribution in [0.4, 0.5) is 5.82 Å². The molecule has 3 N–H and O–H groups in total. The highest BCUT2D eigenvalue weighted by Crippen LogP contribution is 2.58. The third-order valence-electron chi connectivity index (χ3n) is 4.61. The Morgan fingerprint density at radius 3 is 3.00 bits per heavy atom. The molecular weight excluding hydrogens is 252 g/mol. The Kier molecular flexibility index (Phi) is 3.61. The third kappa shape index (κ3) is 2.26. The van der Waals surface area contributed by atoms with E-state index in [4.69, 9.17) is 10.5 Å². The monoisotopic (exact) mass is 274 g/mol. The van der Waals surface area contributed by atoms with Crippen molar-refractivity contribution in [3.05, 3.63) is 24.4 Å². The van der Waals surface area contributed by atoms with Gasteiger partial charge < -0.3 is 15.8 Å². The van der Waals surface area contributed by atoms with Crippen LogP contribution in [0.25, 0.3) is 0 Å². The molecule has 1 spiro atoms. The van der Waals surface area contributed by atoms with E-state index in [0.717, 1.165) is 18.8 Å². The SMILES string of the molecule is CCOC1CC(N=C(N)Nc2ccccn2)C12CCC2. The van der Waals surface area contributed by atoms with Crippen molar-refractivity contribution in [1.29, 1.82) is 0 Å². The van der Waals surface area contributed by atoms with E-state index >= 15 is 0 Å². The summed E-state index contributed by atoms with van der Waals surface area (Å²) in [7, 11) is 0. The summed E-state index contributed by atoms with van der Waals surface area (Å²) in [5.74, 6) is 1.19.